The molecule has 100 valence electrons. The fourth-order valence-electron chi connectivity index (χ4n) is 2.77. The first-order chi connectivity index (χ1) is 8.24. The summed E-state index contributed by atoms with van der Waals surface area (Å²) in [6.45, 7) is 3.78. The van der Waals surface area contributed by atoms with Crippen LogP contribution in [0.3, 0.4) is 0 Å². The lowest BCUT2D eigenvalue weighted by atomic mass is 10.1. The third-order valence-corrected chi connectivity index (χ3v) is 4.46. The van der Waals surface area contributed by atoms with Crippen molar-refractivity contribution in [3.63, 3.8) is 0 Å². The molecular formula is C11H17ClN4OS. The minimum Gasteiger partial charge on any atom is -0.338 e. The first-order valence-electron chi connectivity index (χ1n) is 6.06. The maximum atomic E-state index is 11.9. The number of halogens is 1. The summed E-state index contributed by atoms with van der Waals surface area (Å²) in [6, 6.07) is 0.801. The van der Waals surface area contributed by atoms with Gasteiger partial charge in [-0.1, -0.05) is 0 Å². The highest BCUT2D eigenvalue weighted by Gasteiger charge is 2.41. The van der Waals surface area contributed by atoms with Gasteiger partial charge in [0.2, 0.25) is 5.91 Å². The minimum absolute atomic E-state index is 0. The summed E-state index contributed by atoms with van der Waals surface area (Å²) in [5.41, 5.74) is 0. The first kappa shape index (κ1) is 13.7. The summed E-state index contributed by atoms with van der Waals surface area (Å²) in [4.78, 5) is 13.9. The monoisotopic (exact) mass is 288 g/mol. The molecule has 0 bridgehead atoms. The van der Waals surface area contributed by atoms with E-state index in [0.29, 0.717) is 18.5 Å². The predicted molar refractivity (Wildman–Crippen MR) is 72.1 cm³/mol. The molecule has 0 unspecified atom stereocenters. The van der Waals surface area contributed by atoms with Crippen molar-refractivity contribution < 1.29 is 4.79 Å². The van der Waals surface area contributed by atoms with E-state index in [1.54, 1.807) is 11.3 Å². The zero-order valence-electron chi connectivity index (χ0n) is 10.3. The number of rotatable bonds is 3. The molecule has 1 N–H and O–H groups in total. The Kier molecular flexibility index (Phi) is 4.19. The second kappa shape index (κ2) is 5.50. The summed E-state index contributed by atoms with van der Waals surface area (Å²) in [6.07, 6.45) is 2.59. The van der Waals surface area contributed by atoms with Gasteiger partial charge < -0.3 is 10.2 Å². The highest BCUT2D eigenvalue weighted by molar-refractivity contribution is 7.11. The van der Waals surface area contributed by atoms with Gasteiger partial charge in [-0.25, -0.2) is 0 Å². The van der Waals surface area contributed by atoms with Crippen LogP contribution < -0.4 is 5.32 Å². The van der Waals surface area contributed by atoms with Crippen molar-refractivity contribution in [1.29, 1.82) is 0 Å². The third-order valence-electron chi connectivity index (χ3n) is 3.56. The van der Waals surface area contributed by atoms with Gasteiger partial charge in [-0.3, -0.25) is 4.79 Å². The number of hydrogen-bond acceptors (Lipinski definition) is 5. The molecule has 0 spiro atoms. The summed E-state index contributed by atoms with van der Waals surface area (Å²) in [5.74, 6) is 0.286. The quantitative estimate of drug-likeness (QED) is 0.893. The lowest BCUT2D eigenvalue weighted by molar-refractivity contribution is -0.129. The van der Waals surface area contributed by atoms with Gasteiger partial charge in [0.25, 0.3) is 0 Å². The Morgan fingerprint density at radius 3 is 3.06 bits per heavy atom. The smallest absolute Gasteiger partial charge is 0.224 e. The molecule has 2 aliphatic heterocycles. The SMILES string of the molecule is Cc1nnc(CCN2C(=O)C[C@H]3NCC[C@H]32)s1.Cl. The van der Waals surface area contributed by atoms with Crippen molar-refractivity contribution in [2.45, 2.75) is 38.3 Å². The summed E-state index contributed by atoms with van der Waals surface area (Å²) < 4.78 is 0. The largest absolute Gasteiger partial charge is 0.338 e. The van der Waals surface area contributed by atoms with Gasteiger partial charge in [-0.2, -0.15) is 0 Å². The molecule has 1 aromatic rings. The lowest BCUT2D eigenvalue weighted by Gasteiger charge is -2.22. The van der Waals surface area contributed by atoms with E-state index in [2.05, 4.69) is 15.5 Å². The van der Waals surface area contributed by atoms with Crippen LogP contribution in [0.2, 0.25) is 0 Å². The molecule has 0 radical (unpaired) electrons. The highest BCUT2D eigenvalue weighted by atomic mass is 35.5. The fraction of sp³-hybridized carbons (Fsp3) is 0.727. The molecule has 2 fully saturated rings. The predicted octanol–water partition coefficient (Wildman–Crippen LogP) is 0.774. The molecule has 1 aromatic heterocycles. The Hall–Kier alpha value is -0.720. The van der Waals surface area contributed by atoms with Gasteiger partial charge in [0.15, 0.2) is 0 Å². The number of hydrogen-bond donors (Lipinski definition) is 1. The van der Waals surface area contributed by atoms with E-state index in [0.717, 1.165) is 35.9 Å². The molecule has 2 aliphatic rings. The Balaban J connectivity index is 0.00000120. The van der Waals surface area contributed by atoms with Crippen LogP contribution in [0.1, 0.15) is 22.9 Å². The Morgan fingerprint density at radius 2 is 2.33 bits per heavy atom. The van der Waals surface area contributed by atoms with Crippen LogP contribution in [0.15, 0.2) is 0 Å². The van der Waals surface area contributed by atoms with E-state index in [-0.39, 0.29) is 18.3 Å². The average Bonchev–Trinajstić information content (AvgIpc) is 2.93. The van der Waals surface area contributed by atoms with E-state index in [9.17, 15) is 4.79 Å². The van der Waals surface area contributed by atoms with Crippen LogP contribution in [0, 0.1) is 6.92 Å². The Bertz CT molecular complexity index is 438. The van der Waals surface area contributed by atoms with E-state index >= 15 is 0 Å². The average molecular weight is 289 g/mol. The van der Waals surface area contributed by atoms with E-state index in [1.165, 1.54) is 0 Å². The van der Waals surface area contributed by atoms with Gasteiger partial charge in [-0.05, 0) is 19.9 Å². The molecule has 0 saturated carbocycles. The normalized spacial score (nSPS) is 26.3. The van der Waals surface area contributed by atoms with Crippen molar-refractivity contribution in [3.05, 3.63) is 10.0 Å². The number of aromatic nitrogens is 2. The second-order valence-corrected chi connectivity index (χ2v) is 5.94. The van der Waals surface area contributed by atoms with Gasteiger partial charge in [0, 0.05) is 31.5 Å². The zero-order chi connectivity index (χ0) is 11.8. The van der Waals surface area contributed by atoms with Crippen molar-refractivity contribution >= 4 is 29.7 Å². The first-order valence-corrected chi connectivity index (χ1v) is 6.87. The van der Waals surface area contributed by atoms with Crippen LogP contribution in [0.4, 0.5) is 0 Å². The molecule has 18 heavy (non-hydrogen) atoms. The number of amides is 1. The van der Waals surface area contributed by atoms with Crippen molar-refractivity contribution in [1.82, 2.24) is 20.4 Å². The number of aryl methyl sites for hydroxylation is 1. The van der Waals surface area contributed by atoms with Crippen LogP contribution in [0.25, 0.3) is 0 Å². The maximum absolute atomic E-state index is 11.9. The van der Waals surface area contributed by atoms with E-state index in [1.807, 2.05) is 11.8 Å². The van der Waals surface area contributed by atoms with E-state index in [4.69, 9.17) is 0 Å². The zero-order valence-corrected chi connectivity index (χ0v) is 11.9. The third kappa shape index (κ3) is 2.50. The minimum atomic E-state index is 0. The molecule has 0 aliphatic carbocycles. The topological polar surface area (TPSA) is 58.1 Å². The molecule has 1 amide bonds. The number of fused-ring (bicyclic) bond motifs is 1. The molecule has 3 rings (SSSR count). The van der Waals surface area contributed by atoms with Crippen LogP contribution >= 0.6 is 23.7 Å². The van der Waals surface area contributed by atoms with Crippen molar-refractivity contribution in [2.75, 3.05) is 13.1 Å². The molecule has 7 heteroatoms. The molecule has 0 aromatic carbocycles. The molecule has 5 nitrogen and oxygen atoms in total. The van der Waals surface area contributed by atoms with Crippen LogP contribution in [-0.4, -0.2) is 46.2 Å². The standard InChI is InChI=1S/C11H16N4OS.ClH/c1-7-13-14-10(17-7)3-5-15-9-2-4-12-8(9)6-11(15)16;/h8-9,12H,2-6H2,1H3;1H/t8-,9-;/m1./s1. The van der Waals surface area contributed by atoms with E-state index < -0.39 is 0 Å². The Labute approximate surface area is 116 Å². The highest BCUT2D eigenvalue weighted by Crippen LogP contribution is 2.26. The van der Waals surface area contributed by atoms with Crippen LogP contribution in [0.5, 0.6) is 0 Å². The fourth-order valence-corrected chi connectivity index (χ4v) is 3.47. The Morgan fingerprint density at radius 1 is 1.50 bits per heavy atom. The molecule has 2 saturated heterocycles. The summed E-state index contributed by atoms with van der Waals surface area (Å²) >= 11 is 1.62. The van der Waals surface area contributed by atoms with Gasteiger partial charge in [0.05, 0.1) is 0 Å². The molecular weight excluding hydrogens is 272 g/mol. The summed E-state index contributed by atoms with van der Waals surface area (Å²) in [5, 5.41) is 13.5. The maximum Gasteiger partial charge on any atom is 0.224 e. The van der Waals surface area contributed by atoms with Gasteiger partial charge in [0.1, 0.15) is 10.0 Å². The second-order valence-electron chi connectivity index (χ2n) is 4.67. The van der Waals surface area contributed by atoms with Crippen LogP contribution in [-0.2, 0) is 11.2 Å². The lowest BCUT2D eigenvalue weighted by Crippen LogP contribution is -2.37. The van der Waals surface area contributed by atoms with Gasteiger partial charge >= 0.3 is 0 Å². The number of likely N-dealkylation sites (tertiary alicyclic amines) is 1. The van der Waals surface area contributed by atoms with Crippen molar-refractivity contribution in [2.24, 2.45) is 0 Å². The number of nitrogens with one attached hydrogen (secondary N) is 1. The number of carbonyl (C=O) groups excluding carboxylic acids is 1. The van der Waals surface area contributed by atoms with Crippen molar-refractivity contribution in [3.8, 4) is 0 Å². The molecule has 3 heterocycles. The molecule has 2 atom stereocenters. The number of nitrogens with zero attached hydrogens (tertiary/aromatic N) is 3. The van der Waals surface area contributed by atoms with Gasteiger partial charge in [-0.15, -0.1) is 33.9 Å². The summed E-state index contributed by atoms with van der Waals surface area (Å²) in [7, 11) is 0. The number of carbonyl (C=O) groups is 1.